The monoisotopic (exact) mass is 459 g/mol. The molecule has 2 rings (SSSR count). The fourth-order valence-corrected chi connectivity index (χ4v) is 3.92. The number of carboxylic acid groups (broad SMARTS) is 1. The first-order valence-corrected chi connectivity index (χ1v) is 10.8. The van der Waals surface area contributed by atoms with Crippen LogP contribution in [0.1, 0.15) is 31.2 Å². The Balaban J connectivity index is 1.97. The van der Waals surface area contributed by atoms with Crippen molar-refractivity contribution in [3.63, 3.8) is 0 Å². The van der Waals surface area contributed by atoms with E-state index in [0.717, 1.165) is 18.4 Å². The van der Waals surface area contributed by atoms with Gasteiger partial charge in [0.15, 0.2) is 0 Å². The van der Waals surface area contributed by atoms with E-state index >= 15 is 0 Å². The third kappa shape index (κ3) is 4.34. The Morgan fingerprint density at radius 2 is 1.94 bits per heavy atom. The van der Waals surface area contributed by atoms with Gasteiger partial charge in [0.05, 0.1) is 0 Å². The van der Waals surface area contributed by atoms with E-state index in [4.69, 9.17) is 0 Å². The normalized spacial score (nSPS) is 17.7. The Morgan fingerprint density at radius 3 is 2.50 bits per heavy atom. The van der Waals surface area contributed by atoms with Crippen molar-refractivity contribution in [1.29, 1.82) is 0 Å². The fourth-order valence-electron chi connectivity index (χ4n) is 2.55. The summed E-state index contributed by atoms with van der Waals surface area (Å²) in [5.74, 6) is -0.733. The van der Waals surface area contributed by atoms with Crippen LogP contribution in [-0.2, 0) is 11.2 Å². The number of carboxylic acids is 1. The maximum atomic E-state index is 11.3. The Morgan fingerprint density at radius 1 is 1.33 bits per heavy atom. The van der Waals surface area contributed by atoms with Gasteiger partial charge in [0, 0.05) is 0 Å². The van der Waals surface area contributed by atoms with E-state index in [-0.39, 0.29) is 0 Å². The molecule has 1 fully saturated rings. The molecule has 1 aliphatic carbocycles. The predicted octanol–water partition coefficient (Wildman–Crippen LogP) is 1.12. The number of aliphatic carboxylic acids is 1. The Labute approximate surface area is 137 Å². The fraction of sp³-hybridized carbons (Fsp3) is 0.500. The van der Waals surface area contributed by atoms with Gasteiger partial charge in [0.25, 0.3) is 0 Å². The number of nitrogens with one attached hydrogen (secondary N) is 1. The van der Waals surface area contributed by atoms with Gasteiger partial charge in [-0.2, -0.15) is 0 Å². The molecule has 0 radical (unpaired) electrons. The number of carbonyl (C=O) groups is 1. The molecule has 0 amide bonds. The van der Waals surface area contributed by atoms with E-state index in [2.05, 4.69) is 29.6 Å². The van der Waals surface area contributed by atoms with Gasteiger partial charge >= 0.3 is 139 Å². The van der Waals surface area contributed by atoms with Crippen molar-refractivity contribution in [2.24, 2.45) is 0 Å². The molecule has 1 unspecified atom stereocenters. The molecule has 0 heterocycles. The van der Waals surface area contributed by atoms with Gasteiger partial charge in [0.2, 0.25) is 0 Å². The third-order valence-electron chi connectivity index (χ3n) is 3.65. The molecule has 1 aromatic carbocycles. The number of rotatable bonds is 5. The Kier molecular flexibility index (Phi) is 5.69. The molecule has 4 heteroatoms. The van der Waals surface area contributed by atoms with Crippen molar-refractivity contribution in [1.82, 2.24) is 5.32 Å². The zero-order valence-electron chi connectivity index (χ0n) is 10.9. The van der Waals surface area contributed by atoms with Crippen LogP contribution in [0.25, 0.3) is 0 Å². The van der Waals surface area contributed by atoms with E-state index in [0.29, 0.717) is 55.3 Å². The molecule has 1 saturated carbocycles. The minimum atomic E-state index is -0.733. The van der Waals surface area contributed by atoms with Crippen LogP contribution < -0.4 is 5.92 Å². The van der Waals surface area contributed by atoms with Crippen molar-refractivity contribution in [3.8, 4) is 0 Å². The van der Waals surface area contributed by atoms with Gasteiger partial charge < -0.3 is 0 Å². The number of benzene rings is 1. The first-order chi connectivity index (χ1) is 8.65. The third-order valence-corrected chi connectivity index (χ3v) is 6.39. The second kappa shape index (κ2) is 7.05. The van der Waals surface area contributed by atoms with Gasteiger partial charge in [-0.05, 0) is 0 Å². The molecule has 2 N–H and O–H groups in total. The molecule has 18 heavy (non-hydrogen) atoms. The standard InChI is InChI=1S/C14H18NO2.Ra.H/c16-14(17)13(15-12-8-4-5-9-12)10-11-6-2-1-3-7-11;;/h2-3,6-7,12-13,15H,4-5,8-10H2,(H,16,17);;. The summed E-state index contributed by atoms with van der Waals surface area (Å²) < 4.78 is 1.43. The molecule has 0 bridgehead atoms. The van der Waals surface area contributed by atoms with E-state index < -0.39 is 12.0 Å². The van der Waals surface area contributed by atoms with E-state index in [9.17, 15) is 9.90 Å². The average molecular weight is 459 g/mol. The van der Waals surface area contributed by atoms with Crippen molar-refractivity contribution in [2.75, 3.05) is 0 Å². The minimum absolute atomic E-state index is 0.393. The molecule has 3 nitrogen and oxygen atoms in total. The molecule has 0 saturated heterocycles. The van der Waals surface area contributed by atoms with Crippen molar-refractivity contribution in [3.05, 3.63) is 29.8 Å². The predicted molar refractivity (Wildman–Crippen MR) is 68.0 cm³/mol. The van der Waals surface area contributed by atoms with E-state index in [1.165, 1.54) is 13.4 Å². The molecule has 0 aromatic heterocycles. The topological polar surface area (TPSA) is 49.3 Å². The van der Waals surface area contributed by atoms with Crippen LogP contribution in [0.4, 0.5) is 0 Å². The zero-order valence-corrected chi connectivity index (χ0v) is 19.1. The van der Waals surface area contributed by atoms with Gasteiger partial charge in [0.1, 0.15) is 0 Å². The summed E-state index contributed by atoms with van der Waals surface area (Å²) in [6.07, 6.45) is 5.27. The summed E-state index contributed by atoms with van der Waals surface area (Å²) in [5, 5.41) is 12.6. The molecule has 1 aromatic rings. The molecule has 94 valence electrons. The van der Waals surface area contributed by atoms with Gasteiger partial charge in [-0.15, -0.1) is 0 Å². The van der Waals surface area contributed by atoms with Gasteiger partial charge in [-0.25, -0.2) is 0 Å². The van der Waals surface area contributed by atoms with E-state index in [1.54, 1.807) is 0 Å². The first-order valence-electron chi connectivity index (χ1n) is 6.69. The maximum absolute atomic E-state index is 11.3. The van der Waals surface area contributed by atoms with Crippen molar-refractivity contribution < 1.29 is 52.7 Å². The van der Waals surface area contributed by atoms with Crippen LogP contribution >= 0.6 is 0 Å². The summed E-state index contributed by atoms with van der Waals surface area (Å²) in [6.45, 7) is 0. The molecule has 0 spiro atoms. The Bertz CT molecular complexity index is 399. The van der Waals surface area contributed by atoms with E-state index in [1.807, 2.05) is 0 Å². The molecular formula is C14H19NO2Ra. The molecular weight excluding hydrogens is 440 g/mol. The van der Waals surface area contributed by atoms with Crippen LogP contribution in [0, 0.1) is 42.8 Å². The molecule has 1 atom stereocenters. The molecule has 1 aliphatic rings. The van der Waals surface area contributed by atoms with Crippen molar-refractivity contribution >= 4 is 6.57 Å². The quantitative estimate of drug-likeness (QED) is 0.695. The zero-order chi connectivity index (χ0) is 13.0. The number of hydrogen-bond donors (Lipinski definition) is 2. The van der Waals surface area contributed by atoms with Crippen LogP contribution in [-0.4, -0.2) is 23.2 Å². The molecule has 0 aliphatic heterocycles. The van der Waals surface area contributed by atoms with Gasteiger partial charge in [-0.1, -0.05) is 0 Å². The average Bonchev–Trinajstić information content (AvgIpc) is 2.84. The SMILES string of the molecule is O=C(O)C(Cc1cc[c]([RaH])cc1)NC1CCCC1. The number of hydrogen-bond acceptors (Lipinski definition) is 2. The van der Waals surface area contributed by atoms with Crippen molar-refractivity contribution in [2.45, 2.75) is 44.2 Å². The second-order valence-electron chi connectivity index (χ2n) is 5.23. The van der Waals surface area contributed by atoms with Crippen LogP contribution in [0.2, 0.25) is 0 Å². The van der Waals surface area contributed by atoms with Crippen LogP contribution in [0.3, 0.4) is 0 Å². The Hall–Kier alpha value is 0.118. The summed E-state index contributed by atoms with van der Waals surface area (Å²) >= 11 is 0.393. The van der Waals surface area contributed by atoms with Crippen LogP contribution in [0.15, 0.2) is 24.3 Å². The summed E-state index contributed by atoms with van der Waals surface area (Å²) in [7, 11) is 0. The summed E-state index contributed by atoms with van der Waals surface area (Å²) in [6, 6.07) is 8.37. The summed E-state index contributed by atoms with van der Waals surface area (Å²) in [4.78, 5) is 11.3. The van der Waals surface area contributed by atoms with Crippen LogP contribution in [0.5, 0.6) is 0 Å². The van der Waals surface area contributed by atoms with Gasteiger partial charge in [-0.3, -0.25) is 0 Å². The summed E-state index contributed by atoms with van der Waals surface area (Å²) in [5.41, 5.74) is 1.12. The second-order valence-corrected chi connectivity index (χ2v) is 9.97. The first kappa shape index (κ1) is 14.5.